The number of carbonyl (C=O) groups is 2. The van der Waals surface area contributed by atoms with Crippen LogP contribution in [0.25, 0.3) is 0 Å². The molecule has 3 N–H and O–H groups in total. The molecular formula is C21H17NO4. The third-order valence-corrected chi connectivity index (χ3v) is 5.33. The van der Waals surface area contributed by atoms with E-state index in [1.807, 2.05) is 0 Å². The van der Waals surface area contributed by atoms with Crippen molar-refractivity contribution in [1.29, 1.82) is 0 Å². The molecule has 0 saturated carbocycles. The molecule has 0 fully saturated rings. The number of ketones is 2. The molecule has 2 aromatic carbocycles. The van der Waals surface area contributed by atoms with Crippen LogP contribution in [0.2, 0.25) is 0 Å². The first kappa shape index (κ1) is 16.2. The lowest BCUT2D eigenvalue weighted by molar-refractivity contribution is 0.0974. The van der Waals surface area contributed by atoms with Gasteiger partial charge >= 0.3 is 0 Å². The van der Waals surface area contributed by atoms with Gasteiger partial charge in [0.2, 0.25) is 0 Å². The zero-order valence-electron chi connectivity index (χ0n) is 14.3. The first-order valence-corrected chi connectivity index (χ1v) is 8.38. The highest BCUT2D eigenvalue weighted by atomic mass is 16.5. The van der Waals surface area contributed by atoms with E-state index in [1.54, 1.807) is 18.2 Å². The molecule has 0 heterocycles. The van der Waals surface area contributed by atoms with Crippen LogP contribution >= 0.6 is 0 Å². The Hall–Kier alpha value is -3.26. The Kier molecular flexibility index (Phi) is 3.52. The summed E-state index contributed by atoms with van der Waals surface area (Å²) in [6, 6.07) is 4.82. The third kappa shape index (κ3) is 1.99. The molecule has 4 rings (SSSR count). The smallest absolute Gasteiger partial charge is 0.200 e. The largest absolute Gasteiger partial charge is 0.507 e. The summed E-state index contributed by atoms with van der Waals surface area (Å²) >= 11 is 0. The van der Waals surface area contributed by atoms with Gasteiger partial charge in [-0.25, -0.2) is 0 Å². The van der Waals surface area contributed by atoms with Crippen LogP contribution in [0.15, 0.2) is 18.2 Å². The molecule has 0 aromatic heterocycles. The van der Waals surface area contributed by atoms with Crippen molar-refractivity contribution in [1.82, 2.24) is 0 Å². The highest BCUT2D eigenvalue weighted by Crippen LogP contribution is 2.45. The van der Waals surface area contributed by atoms with E-state index in [4.69, 9.17) is 16.9 Å². The Morgan fingerprint density at radius 2 is 1.96 bits per heavy atom. The van der Waals surface area contributed by atoms with E-state index >= 15 is 0 Å². The molecule has 0 bridgehead atoms. The predicted molar refractivity (Wildman–Crippen MR) is 96.7 cm³/mol. The molecule has 0 unspecified atom stereocenters. The number of hydrogen-bond acceptors (Lipinski definition) is 5. The number of benzene rings is 2. The van der Waals surface area contributed by atoms with Crippen molar-refractivity contribution in [3.8, 4) is 23.8 Å². The zero-order chi connectivity index (χ0) is 18.6. The topological polar surface area (TPSA) is 89.6 Å². The quantitative estimate of drug-likeness (QED) is 0.401. The maximum atomic E-state index is 13.2. The summed E-state index contributed by atoms with van der Waals surface area (Å²) in [6.07, 6.45) is 7.28. The lowest BCUT2D eigenvalue weighted by atomic mass is 9.75. The minimum atomic E-state index is -0.427. The Labute approximate surface area is 150 Å². The maximum absolute atomic E-state index is 13.2. The van der Waals surface area contributed by atoms with E-state index < -0.39 is 11.6 Å². The first-order valence-electron chi connectivity index (χ1n) is 8.38. The van der Waals surface area contributed by atoms with Crippen molar-refractivity contribution < 1.29 is 19.4 Å². The molecule has 130 valence electrons. The Morgan fingerprint density at radius 3 is 2.65 bits per heavy atom. The normalized spacial score (nSPS) is 17.8. The summed E-state index contributed by atoms with van der Waals surface area (Å²) < 4.78 is 5.26. The number of fused-ring (bicyclic) bond motifs is 3. The molecule has 2 aromatic rings. The summed E-state index contributed by atoms with van der Waals surface area (Å²) in [5.74, 6) is 2.00. The Bertz CT molecular complexity index is 1030. The summed E-state index contributed by atoms with van der Waals surface area (Å²) in [5, 5.41) is 10.8. The molecule has 5 heteroatoms. The van der Waals surface area contributed by atoms with Crippen LogP contribution in [-0.2, 0) is 12.8 Å². The van der Waals surface area contributed by atoms with Gasteiger partial charge in [-0.15, -0.1) is 12.3 Å². The van der Waals surface area contributed by atoms with Crippen LogP contribution in [0.5, 0.6) is 11.5 Å². The number of methoxy groups -OCH3 is 1. The number of nitrogens with two attached hydrogens (primary N) is 1. The average molecular weight is 347 g/mol. The van der Waals surface area contributed by atoms with Crippen LogP contribution in [-0.4, -0.2) is 23.8 Å². The van der Waals surface area contributed by atoms with Crippen LogP contribution < -0.4 is 10.5 Å². The van der Waals surface area contributed by atoms with Gasteiger partial charge in [-0.2, -0.15) is 0 Å². The minimum absolute atomic E-state index is 0.0207. The van der Waals surface area contributed by atoms with Gasteiger partial charge in [0.15, 0.2) is 11.6 Å². The first-order chi connectivity index (χ1) is 12.5. The Morgan fingerprint density at radius 1 is 1.19 bits per heavy atom. The lowest BCUT2D eigenvalue weighted by Crippen LogP contribution is -2.26. The van der Waals surface area contributed by atoms with Gasteiger partial charge in [-0.1, -0.05) is 12.1 Å². The Balaban J connectivity index is 2.03. The molecule has 0 spiro atoms. The fraction of sp³-hybridized carbons (Fsp3) is 0.238. The van der Waals surface area contributed by atoms with Crippen molar-refractivity contribution in [2.24, 2.45) is 5.92 Å². The number of ether oxygens (including phenoxy) is 1. The predicted octanol–water partition coefficient (Wildman–Crippen LogP) is 2.50. The number of rotatable bonds is 1. The number of terminal acetylenes is 1. The summed E-state index contributed by atoms with van der Waals surface area (Å²) in [4.78, 5) is 26.2. The molecular weight excluding hydrogens is 330 g/mol. The molecule has 0 radical (unpaired) electrons. The van der Waals surface area contributed by atoms with Gasteiger partial charge in [0.05, 0.1) is 23.8 Å². The summed E-state index contributed by atoms with van der Waals surface area (Å²) in [5.41, 5.74) is 8.32. The lowest BCUT2D eigenvalue weighted by Gasteiger charge is -2.29. The molecule has 1 atom stereocenters. The number of nitrogen functional groups attached to an aromatic ring is 1. The van der Waals surface area contributed by atoms with E-state index in [-0.39, 0.29) is 39.6 Å². The highest BCUT2D eigenvalue weighted by Gasteiger charge is 2.39. The molecule has 0 amide bonds. The van der Waals surface area contributed by atoms with Gasteiger partial charge < -0.3 is 15.6 Å². The fourth-order valence-electron chi connectivity index (χ4n) is 4.02. The SMILES string of the molecule is C#C[C@@H]1CCc2c(N)c3c(c(O)c2C1)C(=O)c1cccc(OC)c1C3=O. The number of carbonyl (C=O) groups excluding carboxylic acids is 2. The van der Waals surface area contributed by atoms with E-state index in [0.717, 1.165) is 6.42 Å². The summed E-state index contributed by atoms with van der Waals surface area (Å²) in [6.45, 7) is 0. The van der Waals surface area contributed by atoms with Gasteiger partial charge in [0.25, 0.3) is 0 Å². The van der Waals surface area contributed by atoms with Crippen LogP contribution in [0.3, 0.4) is 0 Å². The second-order valence-corrected chi connectivity index (χ2v) is 6.62. The van der Waals surface area contributed by atoms with Crippen LogP contribution in [0.4, 0.5) is 5.69 Å². The minimum Gasteiger partial charge on any atom is -0.507 e. The van der Waals surface area contributed by atoms with Crippen molar-refractivity contribution >= 4 is 17.3 Å². The maximum Gasteiger partial charge on any atom is 0.200 e. The van der Waals surface area contributed by atoms with Gasteiger partial charge in [-0.05, 0) is 30.9 Å². The highest BCUT2D eigenvalue weighted by molar-refractivity contribution is 6.32. The standard InChI is InChI=1S/C21H17NO4/c1-3-10-7-8-11-13(9-10)20(24)17-16(18(11)22)21(25)15-12(19(17)23)5-4-6-14(15)26-2/h1,4-6,10,24H,7-9,22H2,2H3/t10-/m1/s1. The van der Waals surface area contributed by atoms with E-state index in [0.29, 0.717) is 29.7 Å². The molecule has 0 saturated heterocycles. The number of phenols is 1. The summed E-state index contributed by atoms with van der Waals surface area (Å²) in [7, 11) is 1.44. The van der Waals surface area contributed by atoms with Crippen molar-refractivity contribution in [2.45, 2.75) is 19.3 Å². The number of anilines is 1. The number of aromatic hydroxyl groups is 1. The van der Waals surface area contributed by atoms with E-state index in [9.17, 15) is 14.7 Å². The second-order valence-electron chi connectivity index (χ2n) is 6.62. The molecule has 2 aliphatic carbocycles. The fourth-order valence-corrected chi connectivity index (χ4v) is 4.02. The molecule has 5 nitrogen and oxygen atoms in total. The molecule has 2 aliphatic rings. The monoisotopic (exact) mass is 347 g/mol. The van der Waals surface area contributed by atoms with E-state index in [2.05, 4.69) is 5.92 Å². The van der Waals surface area contributed by atoms with Gasteiger partial charge in [0, 0.05) is 22.7 Å². The van der Waals surface area contributed by atoms with E-state index in [1.165, 1.54) is 7.11 Å². The second kappa shape index (κ2) is 5.63. The number of hydrogen-bond donors (Lipinski definition) is 2. The molecule has 0 aliphatic heterocycles. The zero-order valence-corrected chi connectivity index (χ0v) is 14.3. The third-order valence-electron chi connectivity index (χ3n) is 5.33. The van der Waals surface area contributed by atoms with Crippen LogP contribution in [0, 0.1) is 18.3 Å². The van der Waals surface area contributed by atoms with Gasteiger partial charge in [0.1, 0.15) is 11.5 Å². The van der Waals surface area contributed by atoms with Crippen LogP contribution in [0.1, 0.15) is 49.4 Å². The van der Waals surface area contributed by atoms with Gasteiger partial charge in [-0.3, -0.25) is 9.59 Å². The van der Waals surface area contributed by atoms with Crippen molar-refractivity contribution in [3.05, 3.63) is 51.6 Å². The average Bonchev–Trinajstić information content (AvgIpc) is 2.67. The number of phenolic OH excluding ortho intramolecular Hbond substituents is 1. The van der Waals surface area contributed by atoms with Crippen molar-refractivity contribution in [2.75, 3.05) is 12.8 Å². The van der Waals surface area contributed by atoms with Crippen molar-refractivity contribution in [3.63, 3.8) is 0 Å². The molecule has 26 heavy (non-hydrogen) atoms.